The Morgan fingerprint density at radius 3 is 2.73 bits per heavy atom. The molecular weight excluding hydrogens is 200 g/mol. The van der Waals surface area contributed by atoms with Gasteiger partial charge in [0.15, 0.2) is 0 Å². The molecule has 0 aliphatic carbocycles. The molecule has 0 aromatic carbocycles. The van der Waals surface area contributed by atoms with E-state index in [0.29, 0.717) is 0 Å². The molecule has 1 rings (SSSR count). The molecule has 0 unspecified atom stereocenters. The molecule has 1 aliphatic rings. The van der Waals surface area contributed by atoms with Gasteiger partial charge in [-0.25, -0.2) is 0 Å². The molecule has 1 aliphatic heterocycles. The molecule has 1 heterocycles. The molecular formula is C10H14O5. The fourth-order valence-electron chi connectivity index (χ4n) is 1.56. The predicted octanol–water partition coefficient (Wildman–Crippen LogP) is 0.941. The number of ether oxygens (including phenoxy) is 2. The predicted molar refractivity (Wildman–Crippen MR) is 51.0 cm³/mol. The summed E-state index contributed by atoms with van der Waals surface area (Å²) in [6.07, 6.45) is 2.15. The van der Waals surface area contributed by atoms with E-state index in [1.165, 1.54) is 13.2 Å². The minimum absolute atomic E-state index is 0.0799. The van der Waals surface area contributed by atoms with E-state index in [2.05, 4.69) is 0 Å². The minimum Gasteiger partial charge on any atom is -0.498 e. The summed E-state index contributed by atoms with van der Waals surface area (Å²) >= 11 is 0. The molecule has 0 fully saturated rings. The van der Waals surface area contributed by atoms with Gasteiger partial charge in [0.2, 0.25) is 0 Å². The molecule has 3 atom stereocenters. The number of carbonyl (C=O) groups is 2. The van der Waals surface area contributed by atoms with Crippen molar-refractivity contribution >= 4 is 11.9 Å². The van der Waals surface area contributed by atoms with Crippen molar-refractivity contribution in [1.82, 2.24) is 0 Å². The second-order valence-corrected chi connectivity index (χ2v) is 3.51. The van der Waals surface area contributed by atoms with Crippen LogP contribution in [0.15, 0.2) is 12.3 Å². The average Bonchev–Trinajstić information content (AvgIpc) is 2.09. The third-order valence-corrected chi connectivity index (χ3v) is 2.30. The van der Waals surface area contributed by atoms with Crippen molar-refractivity contribution in [2.75, 3.05) is 0 Å². The monoisotopic (exact) mass is 214 g/mol. The van der Waals surface area contributed by atoms with Crippen molar-refractivity contribution in [2.24, 2.45) is 5.92 Å². The summed E-state index contributed by atoms with van der Waals surface area (Å²) in [5, 5.41) is 8.72. The zero-order valence-electron chi connectivity index (χ0n) is 8.67. The lowest BCUT2D eigenvalue weighted by atomic mass is 9.91. The smallest absolute Gasteiger partial charge is 0.303 e. The topological polar surface area (TPSA) is 72.8 Å². The van der Waals surface area contributed by atoms with E-state index >= 15 is 0 Å². The van der Waals surface area contributed by atoms with Gasteiger partial charge in [0.05, 0.1) is 12.7 Å². The summed E-state index contributed by atoms with van der Waals surface area (Å²) in [5.41, 5.74) is 0. The second kappa shape index (κ2) is 4.82. The van der Waals surface area contributed by atoms with Gasteiger partial charge < -0.3 is 14.6 Å². The Morgan fingerprint density at radius 2 is 2.20 bits per heavy atom. The molecule has 0 saturated heterocycles. The first-order chi connectivity index (χ1) is 7.00. The van der Waals surface area contributed by atoms with Crippen LogP contribution in [0.5, 0.6) is 0 Å². The molecule has 0 spiro atoms. The quantitative estimate of drug-likeness (QED) is 0.708. The van der Waals surface area contributed by atoms with Gasteiger partial charge in [0, 0.05) is 12.8 Å². The lowest BCUT2D eigenvalue weighted by molar-refractivity contribution is -0.153. The van der Waals surface area contributed by atoms with E-state index < -0.39 is 18.0 Å². The van der Waals surface area contributed by atoms with Crippen molar-refractivity contribution in [3.8, 4) is 0 Å². The normalized spacial score (nSPS) is 29.3. The fourth-order valence-corrected chi connectivity index (χ4v) is 1.56. The highest BCUT2D eigenvalue weighted by Crippen LogP contribution is 2.25. The van der Waals surface area contributed by atoms with Gasteiger partial charge in [-0.2, -0.15) is 0 Å². The molecule has 1 N–H and O–H groups in total. The van der Waals surface area contributed by atoms with Crippen LogP contribution in [-0.4, -0.2) is 29.3 Å². The van der Waals surface area contributed by atoms with Crippen molar-refractivity contribution in [1.29, 1.82) is 0 Å². The number of hydrogen-bond acceptors (Lipinski definition) is 4. The molecule has 0 aromatic rings. The van der Waals surface area contributed by atoms with E-state index in [4.69, 9.17) is 14.6 Å². The highest BCUT2D eigenvalue weighted by Gasteiger charge is 2.33. The molecule has 15 heavy (non-hydrogen) atoms. The Morgan fingerprint density at radius 1 is 1.53 bits per heavy atom. The average molecular weight is 214 g/mol. The maximum Gasteiger partial charge on any atom is 0.303 e. The van der Waals surface area contributed by atoms with E-state index in [1.54, 1.807) is 13.0 Å². The number of hydrogen-bond donors (Lipinski definition) is 1. The third-order valence-electron chi connectivity index (χ3n) is 2.30. The molecule has 0 radical (unpaired) electrons. The first kappa shape index (κ1) is 11.6. The van der Waals surface area contributed by atoms with Crippen LogP contribution < -0.4 is 0 Å². The standard InChI is InChI=1S/C10H14O5/c1-6-8(5-10(12)13)9(3-4-14-6)15-7(2)11/h3-4,6,8-9H,5H2,1-2H3,(H,12,13)/t6-,8+,9-/m0/s1. The van der Waals surface area contributed by atoms with Crippen LogP contribution in [0.3, 0.4) is 0 Å². The van der Waals surface area contributed by atoms with E-state index in [0.717, 1.165) is 0 Å². The molecule has 0 saturated carbocycles. The second-order valence-electron chi connectivity index (χ2n) is 3.51. The number of carboxylic acid groups (broad SMARTS) is 1. The van der Waals surface area contributed by atoms with E-state index in [1.807, 2.05) is 0 Å². The SMILES string of the molecule is CC(=O)O[C@H]1C=CO[C@@H](C)[C@H]1CC(=O)O. The van der Waals surface area contributed by atoms with Crippen molar-refractivity contribution in [2.45, 2.75) is 32.5 Å². The van der Waals surface area contributed by atoms with Crippen molar-refractivity contribution in [3.63, 3.8) is 0 Å². The molecule has 0 bridgehead atoms. The maximum atomic E-state index is 10.8. The largest absolute Gasteiger partial charge is 0.498 e. The van der Waals surface area contributed by atoms with Crippen LogP contribution in [0.25, 0.3) is 0 Å². The Labute approximate surface area is 87.7 Å². The highest BCUT2D eigenvalue weighted by atomic mass is 16.5. The zero-order valence-corrected chi connectivity index (χ0v) is 8.67. The Bertz CT molecular complexity index is 284. The van der Waals surface area contributed by atoms with Crippen LogP contribution >= 0.6 is 0 Å². The van der Waals surface area contributed by atoms with Gasteiger partial charge in [-0.05, 0) is 13.0 Å². The highest BCUT2D eigenvalue weighted by molar-refractivity contribution is 5.68. The van der Waals surface area contributed by atoms with Gasteiger partial charge in [-0.1, -0.05) is 0 Å². The van der Waals surface area contributed by atoms with Crippen LogP contribution in [0.1, 0.15) is 20.3 Å². The van der Waals surface area contributed by atoms with Crippen LogP contribution in [0, 0.1) is 5.92 Å². The van der Waals surface area contributed by atoms with Crippen LogP contribution in [0.2, 0.25) is 0 Å². The summed E-state index contributed by atoms with van der Waals surface area (Å²) in [6.45, 7) is 3.05. The third kappa shape index (κ3) is 3.27. The number of carboxylic acids is 1. The van der Waals surface area contributed by atoms with Crippen molar-refractivity contribution in [3.05, 3.63) is 12.3 Å². The fraction of sp³-hybridized carbons (Fsp3) is 0.600. The van der Waals surface area contributed by atoms with Crippen LogP contribution in [-0.2, 0) is 19.1 Å². The number of esters is 1. The lowest BCUT2D eigenvalue weighted by Gasteiger charge is -2.31. The summed E-state index contributed by atoms with van der Waals surface area (Å²) < 4.78 is 10.2. The molecule has 5 nitrogen and oxygen atoms in total. The van der Waals surface area contributed by atoms with Gasteiger partial charge >= 0.3 is 11.9 Å². The molecule has 0 amide bonds. The number of aliphatic carboxylic acids is 1. The summed E-state index contributed by atoms with van der Waals surface area (Å²) in [5.74, 6) is -1.69. The number of carbonyl (C=O) groups excluding carboxylic acids is 1. The Hall–Kier alpha value is -1.52. The van der Waals surface area contributed by atoms with Crippen molar-refractivity contribution < 1.29 is 24.2 Å². The van der Waals surface area contributed by atoms with Gasteiger partial charge in [0.25, 0.3) is 0 Å². The number of rotatable bonds is 3. The lowest BCUT2D eigenvalue weighted by Crippen LogP contribution is -2.37. The molecule has 84 valence electrons. The minimum atomic E-state index is -0.928. The van der Waals surface area contributed by atoms with Crippen LogP contribution in [0.4, 0.5) is 0 Å². The van der Waals surface area contributed by atoms with E-state index in [-0.39, 0.29) is 18.4 Å². The van der Waals surface area contributed by atoms with Gasteiger partial charge in [0.1, 0.15) is 12.2 Å². The van der Waals surface area contributed by atoms with E-state index in [9.17, 15) is 9.59 Å². The summed E-state index contributed by atoms with van der Waals surface area (Å²) in [4.78, 5) is 21.4. The Kier molecular flexibility index (Phi) is 3.71. The van der Waals surface area contributed by atoms with Gasteiger partial charge in [-0.15, -0.1) is 0 Å². The Balaban J connectivity index is 2.71. The first-order valence-corrected chi connectivity index (χ1v) is 4.72. The summed E-state index contributed by atoms with van der Waals surface area (Å²) in [7, 11) is 0. The maximum absolute atomic E-state index is 10.8. The zero-order chi connectivity index (χ0) is 11.4. The summed E-state index contributed by atoms with van der Waals surface area (Å²) in [6, 6.07) is 0. The molecule has 0 aromatic heterocycles. The first-order valence-electron chi connectivity index (χ1n) is 4.72. The molecule has 5 heteroatoms. The van der Waals surface area contributed by atoms with Gasteiger partial charge in [-0.3, -0.25) is 9.59 Å².